The van der Waals surface area contributed by atoms with Crippen molar-refractivity contribution in [2.75, 3.05) is 17.8 Å². The minimum atomic E-state index is -3.26. The molecule has 0 bridgehead atoms. The Bertz CT molecular complexity index is 585. The van der Waals surface area contributed by atoms with E-state index in [1.54, 1.807) is 12.1 Å². The second kappa shape index (κ2) is 5.52. The predicted octanol–water partition coefficient (Wildman–Crippen LogP) is 0.296. The molecule has 1 aliphatic heterocycles. The maximum absolute atomic E-state index is 12.1. The van der Waals surface area contributed by atoms with Gasteiger partial charge in [0.15, 0.2) is 9.84 Å². The van der Waals surface area contributed by atoms with Gasteiger partial charge in [0.1, 0.15) is 0 Å². The van der Waals surface area contributed by atoms with Gasteiger partial charge >= 0.3 is 0 Å². The van der Waals surface area contributed by atoms with Crippen molar-refractivity contribution in [1.29, 1.82) is 0 Å². The lowest BCUT2D eigenvalue weighted by Gasteiger charge is -2.16. The fraction of sp³-hybridized carbons (Fsp3) is 0.417. The summed E-state index contributed by atoms with van der Waals surface area (Å²) in [7, 11) is -3.26. The van der Waals surface area contributed by atoms with Gasteiger partial charge in [0.2, 0.25) is 0 Å². The average molecular weight is 301 g/mol. The topological polar surface area (TPSA) is 83.5 Å². The Morgan fingerprint density at radius 1 is 1.37 bits per heavy atom. The SMILES string of the molecule is CSc1ccccc1C(=O)N[C@@H]1CS(=O)(=O)C[C@H]1O. The summed E-state index contributed by atoms with van der Waals surface area (Å²) in [6.07, 6.45) is 0.830. The third kappa shape index (κ3) is 3.29. The summed E-state index contributed by atoms with van der Waals surface area (Å²) in [4.78, 5) is 12.9. The van der Waals surface area contributed by atoms with E-state index in [2.05, 4.69) is 5.32 Å². The van der Waals surface area contributed by atoms with Crippen LogP contribution in [0.5, 0.6) is 0 Å². The number of hydrogen-bond donors (Lipinski definition) is 2. The van der Waals surface area contributed by atoms with Crippen molar-refractivity contribution in [3.05, 3.63) is 29.8 Å². The number of aliphatic hydroxyl groups excluding tert-OH is 1. The molecule has 2 N–H and O–H groups in total. The van der Waals surface area contributed by atoms with Gasteiger partial charge in [-0.05, 0) is 18.4 Å². The number of hydrogen-bond acceptors (Lipinski definition) is 5. The molecule has 19 heavy (non-hydrogen) atoms. The van der Waals surface area contributed by atoms with Gasteiger partial charge in [0.25, 0.3) is 5.91 Å². The smallest absolute Gasteiger partial charge is 0.252 e. The fourth-order valence-electron chi connectivity index (χ4n) is 2.05. The van der Waals surface area contributed by atoms with Crippen molar-refractivity contribution in [3.63, 3.8) is 0 Å². The van der Waals surface area contributed by atoms with E-state index in [-0.39, 0.29) is 17.4 Å². The van der Waals surface area contributed by atoms with Crippen LogP contribution in [0.2, 0.25) is 0 Å². The molecule has 1 heterocycles. The molecule has 1 aromatic rings. The summed E-state index contributed by atoms with van der Waals surface area (Å²) >= 11 is 1.44. The van der Waals surface area contributed by atoms with Crippen molar-refractivity contribution < 1.29 is 18.3 Å². The van der Waals surface area contributed by atoms with Crippen LogP contribution in [-0.4, -0.2) is 49.3 Å². The molecule has 2 rings (SSSR count). The molecule has 1 aliphatic rings. The first kappa shape index (κ1) is 14.4. The molecular weight excluding hydrogens is 286 g/mol. The van der Waals surface area contributed by atoms with Crippen molar-refractivity contribution in [3.8, 4) is 0 Å². The molecule has 0 spiro atoms. The molecule has 1 fully saturated rings. The maximum atomic E-state index is 12.1. The molecule has 1 aromatic carbocycles. The van der Waals surface area contributed by atoms with Gasteiger partial charge in [0, 0.05) is 4.90 Å². The third-order valence-electron chi connectivity index (χ3n) is 2.99. The highest BCUT2D eigenvalue weighted by Crippen LogP contribution is 2.20. The van der Waals surface area contributed by atoms with Gasteiger partial charge in [-0.1, -0.05) is 12.1 Å². The molecular formula is C12H15NO4S2. The molecule has 0 saturated carbocycles. The predicted molar refractivity (Wildman–Crippen MR) is 74.1 cm³/mol. The Balaban J connectivity index is 2.14. The second-order valence-corrected chi connectivity index (χ2v) is 7.43. The first-order chi connectivity index (χ1) is 8.93. The van der Waals surface area contributed by atoms with Crippen LogP contribution < -0.4 is 5.32 Å². The summed E-state index contributed by atoms with van der Waals surface area (Å²) in [5.41, 5.74) is 0.492. The maximum Gasteiger partial charge on any atom is 0.252 e. The zero-order valence-electron chi connectivity index (χ0n) is 10.4. The standard InChI is InChI=1S/C12H15NO4S2/c1-18-11-5-3-2-4-8(11)12(15)13-9-6-19(16,17)7-10(9)14/h2-5,9-10,14H,6-7H2,1H3,(H,13,15)/t9-,10-/m1/s1. The number of benzene rings is 1. The minimum absolute atomic E-state index is 0.207. The number of nitrogens with one attached hydrogen (secondary N) is 1. The number of carbonyl (C=O) groups is 1. The van der Waals surface area contributed by atoms with Gasteiger partial charge in [-0.15, -0.1) is 11.8 Å². The molecule has 5 nitrogen and oxygen atoms in total. The van der Waals surface area contributed by atoms with Gasteiger partial charge in [0.05, 0.1) is 29.2 Å². The van der Waals surface area contributed by atoms with E-state index < -0.39 is 22.0 Å². The molecule has 104 valence electrons. The normalized spacial score (nSPS) is 25.2. The Labute approximate surface area is 116 Å². The highest BCUT2D eigenvalue weighted by molar-refractivity contribution is 7.98. The lowest BCUT2D eigenvalue weighted by atomic mass is 10.1. The average Bonchev–Trinajstić information content (AvgIpc) is 2.62. The van der Waals surface area contributed by atoms with Crippen LogP contribution in [0.3, 0.4) is 0 Å². The molecule has 1 saturated heterocycles. The van der Waals surface area contributed by atoms with Crippen LogP contribution in [0.15, 0.2) is 29.2 Å². The van der Waals surface area contributed by atoms with E-state index in [1.807, 2.05) is 18.4 Å². The number of carbonyl (C=O) groups excluding carboxylic acids is 1. The quantitative estimate of drug-likeness (QED) is 0.784. The van der Waals surface area contributed by atoms with E-state index in [9.17, 15) is 18.3 Å². The number of aliphatic hydroxyl groups is 1. The van der Waals surface area contributed by atoms with Crippen molar-refractivity contribution >= 4 is 27.5 Å². The molecule has 7 heteroatoms. The largest absolute Gasteiger partial charge is 0.390 e. The van der Waals surface area contributed by atoms with Crippen LogP contribution in [0, 0.1) is 0 Å². The molecule has 0 unspecified atom stereocenters. The number of thioether (sulfide) groups is 1. The number of sulfone groups is 1. The first-order valence-electron chi connectivity index (χ1n) is 5.75. The summed E-state index contributed by atoms with van der Waals surface area (Å²) in [6, 6.07) is 6.35. The zero-order chi connectivity index (χ0) is 14.0. The Kier molecular flexibility index (Phi) is 4.17. The van der Waals surface area contributed by atoms with Crippen molar-refractivity contribution in [2.24, 2.45) is 0 Å². The lowest BCUT2D eigenvalue weighted by molar-refractivity contribution is 0.0886. The number of amides is 1. The Morgan fingerprint density at radius 3 is 2.63 bits per heavy atom. The molecule has 0 radical (unpaired) electrons. The van der Waals surface area contributed by atoms with E-state index >= 15 is 0 Å². The minimum Gasteiger partial charge on any atom is -0.390 e. The highest BCUT2D eigenvalue weighted by Gasteiger charge is 2.37. The summed E-state index contributed by atoms with van der Waals surface area (Å²) in [5, 5.41) is 12.2. The van der Waals surface area contributed by atoms with E-state index in [0.29, 0.717) is 5.56 Å². The Morgan fingerprint density at radius 2 is 2.05 bits per heavy atom. The highest BCUT2D eigenvalue weighted by atomic mass is 32.2. The summed E-state index contributed by atoms with van der Waals surface area (Å²) in [6.45, 7) is 0. The van der Waals surface area contributed by atoms with Crippen LogP contribution >= 0.6 is 11.8 Å². The van der Waals surface area contributed by atoms with E-state index in [4.69, 9.17) is 0 Å². The van der Waals surface area contributed by atoms with Crippen LogP contribution in [0.25, 0.3) is 0 Å². The fourth-order valence-corrected chi connectivity index (χ4v) is 4.38. The van der Waals surface area contributed by atoms with Crippen molar-refractivity contribution in [1.82, 2.24) is 5.32 Å². The van der Waals surface area contributed by atoms with Crippen LogP contribution in [-0.2, 0) is 9.84 Å². The van der Waals surface area contributed by atoms with E-state index in [1.165, 1.54) is 11.8 Å². The van der Waals surface area contributed by atoms with Crippen LogP contribution in [0.4, 0.5) is 0 Å². The zero-order valence-corrected chi connectivity index (χ0v) is 12.0. The summed E-state index contributed by atoms with van der Waals surface area (Å²) < 4.78 is 22.8. The summed E-state index contributed by atoms with van der Waals surface area (Å²) in [5.74, 6) is -0.852. The molecule has 0 aliphatic carbocycles. The molecule has 1 amide bonds. The van der Waals surface area contributed by atoms with Gasteiger partial charge < -0.3 is 10.4 Å². The van der Waals surface area contributed by atoms with E-state index in [0.717, 1.165) is 4.90 Å². The number of rotatable bonds is 3. The van der Waals surface area contributed by atoms with Gasteiger partial charge in [-0.2, -0.15) is 0 Å². The van der Waals surface area contributed by atoms with Crippen LogP contribution in [0.1, 0.15) is 10.4 Å². The van der Waals surface area contributed by atoms with Gasteiger partial charge in [-0.3, -0.25) is 4.79 Å². The van der Waals surface area contributed by atoms with Gasteiger partial charge in [-0.25, -0.2) is 8.42 Å². The molecule has 0 aromatic heterocycles. The lowest BCUT2D eigenvalue weighted by Crippen LogP contribution is -2.42. The van der Waals surface area contributed by atoms with Crippen molar-refractivity contribution in [2.45, 2.75) is 17.0 Å². The first-order valence-corrected chi connectivity index (χ1v) is 8.80. The monoisotopic (exact) mass is 301 g/mol. The second-order valence-electron chi connectivity index (χ2n) is 4.42. The third-order valence-corrected chi connectivity index (χ3v) is 5.50. The Hall–Kier alpha value is -1.05. The molecule has 2 atom stereocenters.